The second-order valence-corrected chi connectivity index (χ2v) is 12.1. The molecule has 10 heteroatoms. The number of thiophene rings is 1. The fraction of sp³-hybridized carbons (Fsp3) is 0.217. The molecule has 0 saturated heterocycles. The highest BCUT2D eigenvalue weighted by Gasteiger charge is 2.28. The molecule has 0 spiro atoms. The number of thiazole rings is 1. The quantitative estimate of drug-likeness (QED) is 0.406. The van der Waals surface area contributed by atoms with E-state index in [0.717, 1.165) is 62.9 Å². The lowest BCUT2D eigenvalue weighted by molar-refractivity contribution is -0.113. The maximum Gasteiger partial charge on any atom is 0.240 e. The van der Waals surface area contributed by atoms with E-state index in [0.29, 0.717) is 5.00 Å². The number of hydrogen-bond acceptors (Lipinski definition) is 7. The number of fused-ring (bicyclic) bond motifs is 2. The van der Waals surface area contributed by atoms with Gasteiger partial charge in [0.15, 0.2) is 9.84 Å². The highest BCUT2D eigenvalue weighted by Crippen LogP contribution is 2.45. The second kappa shape index (κ2) is 8.60. The first-order valence-electron chi connectivity index (χ1n) is 10.3. The molecule has 0 saturated carbocycles. The van der Waals surface area contributed by atoms with E-state index in [2.05, 4.69) is 10.2 Å². The van der Waals surface area contributed by atoms with Crippen LogP contribution in [0.1, 0.15) is 10.4 Å². The third-order valence-corrected chi connectivity index (χ3v) is 9.32. The van der Waals surface area contributed by atoms with Crippen LogP contribution in [0.15, 0.2) is 53.4 Å². The van der Waals surface area contributed by atoms with Crippen LogP contribution in [0.25, 0.3) is 20.8 Å². The summed E-state index contributed by atoms with van der Waals surface area (Å²) in [4.78, 5) is 20.9. The van der Waals surface area contributed by atoms with Gasteiger partial charge in [-0.05, 0) is 55.4 Å². The van der Waals surface area contributed by atoms with Crippen molar-refractivity contribution in [2.24, 2.45) is 0 Å². The fourth-order valence-electron chi connectivity index (χ4n) is 3.89. The van der Waals surface area contributed by atoms with Gasteiger partial charge in [0.1, 0.15) is 21.6 Å². The molecule has 0 radical (unpaired) electrons. The number of benzene rings is 2. The normalized spacial score (nSPS) is 14.4. The van der Waals surface area contributed by atoms with Gasteiger partial charge in [0.25, 0.3) is 0 Å². The molecule has 1 amide bonds. The van der Waals surface area contributed by atoms with Gasteiger partial charge in [-0.2, -0.15) is 0 Å². The predicted molar refractivity (Wildman–Crippen MR) is 130 cm³/mol. The summed E-state index contributed by atoms with van der Waals surface area (Å²) in [5.41, 5.74) is 2.94. The molecule has 3 heterocycles. The van der Waals surface area contributed by atoms with Crippen LogP contribution in [0, 0.1) is 5.82 Å². The average Bonchev–Trinajstić information content (AvgIpc) is 3.33. The van der Waals surface area contributed by atoms with Crippen molar-refractivity contribution in [1.29, 1.82) is 0 Å². The minimum absolute atomic E-state index is 0.0856. The highest BCUT2D eigenvalue weighted by molar-refractivity contribution is 7.92. The zero-order valence-corrected chi connectivity index (χ0v) is 20.1. The number of likely N-dealkylation sites (N-methyl/N-ethyl adjacent to an activating group) is 1. The van der Waals surface area contributed by atoms with Crippen LogP contribution in [0.5, 0.6) is 0 Å². The van der Waals surface area contributed by atoms with Crippen molar-refractivity contribution in [3.8, 4) is 10.6 Å². The van der Waals surface area contributed by atoms with Crippen LogP contribution >= 0.6 is 22.7 Å². The highest BCUT2D eigenvalue weighted by atomic mass is 32.2. The number of carbonyl (C=O) groups excluding carboxylic acids is 1. The first kappa shape index (κ1) is 22.1. The van der Waals surface area contributed by atoms with Crippen molar-refractivity contribution in [2.45, 2.75) is 17.9 Å². The Bertz CT molecular complexity index is 1430. The Kier molecular flexibility index (Phi) is 5.77. The number of nitrogens with zero attached hydrogens (tertiary/aromatic N) is 2. The van der Waals surface area contributed by atoms with Crippen molar-refractivity contribution in [3.63, 3.8) is 0 Å². The Morgan fingerprint density at radius 1 is 1.15 bits per heavy atom. The van der Waals surface area contributed by atoms with E-state index in [1.165, 1.54) is 23.5 Å². The molecule has 0 atom stereocenters. The van der Waals surface area contributed by atoms with E-state index in [-0.39, 0.29) is 4.90 Å². The van der Waals surface area contributed by atoms with Crippen LogP contribution < -0.4 is 5.32 Å². The maximum absolute atomic E-state index is 13.2. The number of para-hydroxylation sites is 1. The first-order valence-corrected chi connectivity index (χ1v) is 13.6. The van der Waals surface area contributed by atoms with E-state index in [9.17, 15) is 17.6 Å². The molecule has 0 fully saturated rings. The van der Waals surface area contributed by atoms with Crippen LogP contribution in [0.3, 0.4) is 0 Å². The zero-order chi connectivity index (χ0) is 23.2. The zero-order valence-electron chi connectivity index (χ0n) is 17.7. The summed E-state index contributed by atoms with van der Waals surface area (Å²) >= 11 is 3.03. The van der Waals surface area contributed by atoms with Crippen LogP contribution in [0.2, 0.25) is 0 Å². The molecule has 170 valence electrons. The summed E-state index contributed by atoms with van der Waals surface area (Å²) in [6, 6.07) is 12.3. The van der Waals surface area contributed by atoms with E-state index >= 15 is 0 Å². The summed E-state index contributed by atoms with van der Waals surface area (Å²) < 4.78 is 39.5. The average molecular weight is 502 g/mol. The lowest BCUT2D eigenvalue weighted by Crippen LogP contribution is -2.25. The number of sulfone groups is 1. The van der Waals surface area contributed by atoms with Crippen LogP contribution in [-0.2, 0) is 27.6 Å². The van der Waals surface area contributed by atoms with Crippen molar-refractivity contribution >= 4 is 53.6 Å². The molecule has 5 rings (SSSR count). The molecule has 4 aromatic rings. The first-order chi connectivity index (χ1) is 15.8. The third-order valence-electron chi connectivity index (χ3n) is 5.50. The van der Waals surface area contributed by atoms with Crippen molar-refractivity contribution in [2.75, 3.05) is 24.7 Å². The molecule has 0 bridgehead atoms. The molecule has 6 nitrogen and oxygen atoms in total. The number of aromatic nitrogens is 1. The molecule has 1 N–H and O–H groups in total. The van der Waals surface area contributed by atoms with Gasteiger partial charge in [0, 0.05) is 23.5 Å². The number of amides is 1. The molecule has 33 heavy (non-hydrogen) atoms. The number of anilines is 1. The third kappa shape index (κ3) is 4.43. The summed E-state index contributed by atoms with van der Waals surface area (Å²) in [7, 11) is -1.85. The Balaban J connectivity index is 1.48. The van der Waals surface area contributed by atoms with Crippen molar-refractivity contribution < 1.29 is 17.6 Å². The largest absolute Gasteiger partial charge is 0.316 e. The monoisotopic (exact) mass is 501 g/mol. The van der Waals surface area contributed by atoms with Crippen molar-refractivity contribution in [3.05, 3.63) is 64.8 Å². The maximum atomic E-state index is 13.2. The topological polar surface area (TPSA) is 79.4 Å². The molecule has 1 aliphatic heterocycles. The Morgan fingerprint density at radius 3 is 2.67 bits per heavy atom. The summed E-state index contributed by atoms with van der Waals surface area (Å²) in [5, 5.41) is 4.27. The van der Waals surface area contributed by atoms with Gasteiger partial charge in [-0.15, -0.1) is 22.7 Å². The number of halogens is 1. The number of nitrogens with one attached hydrogen (secondary N) is 1. The minimum Gasteiger partial charge on any atom is -0.316 e. The van der Waals surface area contributed by atoms with Gasteiger partial charge in [-0.1, -0.05) is 12.1 Å². The Labute approximate surface area is 198 Å². The summed E-state index contributed by atoms with van der Waals surface area (Å²) in [5.74, 6) is -1.89. The van der Waals surface area contributed by atoms with E-state index < -0.39 is 27.3 Å². The predicted octanol–water partition coefficient (Wildman–Crippen LogP) is 4.56. The van der Waals surface area contributed by atoms with Gasteiger partial charge in [-0.3, -0.25) is 4.79 Å². The molecule has 2 aromatic heterocycles. The molecule has 1 aliphatic rings. The Hall–Kier alpha value is -2.66. The minimum atomic E-state index is -3.90. The molecule has 0 unspecified atom stereocenters. The molecular weight excluding hydrogens is 481 g/mol. The van der Waals surface area contributed by atoms with Gasteiger partial charge in [0.05, 0.1) is 15.1 Å². The lowest BCUT2D eigenvalue weighted by Gasteiger charge is -2.22. The van der Waals surface area contributed by atoms with Crippen molar-refractivity contribution in [1.82, 2.24) is 9.88 Å². The van der Waals surface area contributed by atoms with E-state index in [4.69, 9.17) is 4.98 Å². The van der Waals surface area contributed by atoms with E-state index in [1.807, 2.05) is 31.3 Å². The van der Waals surface area contributed by atoms with Gasteiger partial charge >= 0.3 is 0 Å². The van der Waals surface area contributed by atoms with Gasteiger partial charge in [0.2, 0.25) is 5.91 Å². The lowest BCUT2D eigenvalue weighted by atomic mass is 10.0. The number of carbonyl (C=O) groups is 1. The molecule has 0 aliphatic carbocycles. The number of hydrogen-bond donors (Lipinski definition) is 1. The SMILES string of the molecule is CN1CCc2c(sc(NC(=O)CS(=O)(=O)c3ccc(F)cc3)c2-c2nc3ccccc3s2)C1. The molecular formula is C23H20FN3O3S3. The second-order valence-electron chi connectivity index (χ2n) is 7.94. The summed E-state index contributed by atoms with van der Waals surface area (Å²) in [6.45, 7) is 1.66. The standard InChI is InChI=1S/C23H20FN3O3S3/c1-27-11-10-16-19(12-27)32-23(21(16)22-25-17-4-2-3-5-18(17)31-22)26-20(28)13-33(29,30)15-8-6-14(24)7-9-15/h2-9H,10-13H2,1H3,(H,26,28). The Morgan fingerprint density at radius 2 is 1.91 bits per heavy atom. The van der Waals surface area contributed by atoms with Gasteiger partial charge < -0.3 is 10.2 Å². The molecule has 2 aromatic carbocycles. The van der Waals surface area contributed by atoms with Crippen LogP contribution in [0.4, 0.5) is 9.39 Å². The smallest absolute Gasteiger partial charge is 0.240 e. The summed E-state index contributed by atoms with van der Waals surface area (Å²) in [6.07, 6.45) is 0.831. The fourth-order valence-corrected chi connectivity index (χ4v) is 7.47. The number of rotatable bonds is 5. The van der Waals surface area contributed by atoms with Crippen LogP contribution in [-0.4, -0.2) is 43.6 Å². The van der Waals surface area contributed by atoms with Gasteiger partial charge in [-0.25, -0.2) is 17.8 Å². The van der Waals surface area contributed by atoms with E-state index in [1.54, 1.807) is 11.3 Å².